The summed E-state index contributed by atoms with van der Waals surface area (Å²) in [5, 5.41) is 10.5. The molecule has 0 aliphatic rings. The monoisotopic (exact) mass is 331 g/mol. The number of para-hydroxylation sites is 1. The third kappa shape index (κ3) is 3.92. The molecule has 0 atom stereocenters. The van der Waals surface area contributed by atoms with Crippen molar-refractivity contribution in [2.75, 3.05) is 6.54 Å². The molecule has 0 aliphatic carbocycles. The molecule has 3 rings (SSSR count). The van der Waals surface area contributed by atoms with E-state index in [1.807, 2.05) is 36.4 Å². The van der Waals surface area contributed by atoms with Crippen molar-refractivity contribution in [3.05, 3.63) is 48.3 Å². The number of rotatable bonds is 5. The molecular weight excluding hydrogens is 318 g/mol. The fraction of sp³-hybridized carbons (Fsp3) is 0.143. The van der Waals surface area contributed by atoms with Crippen LogP contribution in [0.3, 0.4) is 0 Å². The van der Waals surface area contributed by atoms with E-state index in [4.69, 9.17) is 0 Å². The van der Waals surface area contributed by atoms with E-state index in [2.05, 4.69) is 25.2 Å². The first-order valence-corrected chi connectivity index (χ1v) is 8.27. The molecule has 6 nitrogen and oxygen atoms in total. The molecular formula is C14H13N5OS2. The Morgan fingerprint density at radius 3 is 2.95 bits per heavy atom. The Hall–Kier alpha value is -2.19. The summed E-state index contributed by atoms with van der Waals surface area (Å²) in [4.78, 5) is 16.2. The second-order valence-corrected chi connectivity index (χ2v) is 6.46. The summed E-state index contributed by atoms with van der Waals surface area (Å²) < 4.78 is 4.64. The summed E-state index contributed by atoms with van der Waals surface area (Å²) in [5.41, 5.74) is 1.79. The molecule has 2 amide bonds. The standard InChI is InChI=1S/C14H13N5OS2/c20-13(15-9-7-10-4-3-8-16-18-10)19-22-14-17-11-5-1-2-6-12(11)21-14/h1-6,8H,7,9H2,(H2,15,19,20). The molecule has 3 aromatic rings. The van der Waals surface area contributed by atoms with E-state index >= 15 is 0 Å². The van der Waals surface area contributed by atoms with Crippen LogP contribution in [0.2, 0.25) is 0 Å². The van der Waals surface area contributed by atoms with Crippen molar-refractivity contribution in [2.45, 2.75) is 10.8 Å². The van der Waals surface area contributed by atoms with Crippen LogP contribution in [0.1, 0.15) is 5.69 Å². The van der Waals surface area contributed by atoms with Gasteiger partial charge in [-0.15, -0.1) is 11.3 Å². The first kappa shape index (κ1) is 14.7. The Balaban J connectivity index is 1.44. The summed E-state index contributed by atoms with van der Waals surface area (Å²) >= 11 is 2.77. The zero-order chi connectivity index (χ0) is 15.2. The molecule has 1 aromatic carbocycles. The van der Waals surface area contributed by atoms with Crippen LogP contribution in [-0.4, -0.2) is 27.8 Å². The highest BCUT2D eigenvalue weighted by molar-refractivity contribution is 7.99. The molecule has 112 valence electrons. The number of urea groups is 1. The van der Waals surface area contributed by atoms with Crippen LogP contribution in [0.4, 0.5) is 4.79 Å². The smallest absolute Gasteiger partial charge is 0.325 e. The minimum atomic E-state index is -0.242. The van der Waals surface area contributed by atoms with Gasteiger partial charge in [0.05, 0.1) is 15.9 Å². The van der Waals surface area contributed by atoms with Crippen molar-refractivity contribution < 1.29 is 4.79 Å². The van der Waals surface area contributed by atoms with Crippen LogP contribution >= 0.6 is 23.3 Å². The number of fused-ring (bicyclic) bond motifs is 1. The molecule has 2 N–H and O–H groups in total. The number of benzene rings is 1. The minimum Gasteiger partial charge on any atom is -0.337 e. The molecule has 0 aliphatic heterocycles. The van der Waals surface area contributed by atoms with E-state index in [9.17, 15) is 4.79 Å². The largest absolute Gasteiger partial charge is 0.337 e. The summed E-state index contributed by atoms with van der Waals surface area (Å²) in [7, 11) is 0. The third-order valence-corrected chi connectivity index (χ3v) is 4.68. The van der Waals surface area contributed by atoms with Crippen molar-refractivity contribution in [2.24, 2.45) is 0 Å². The first-order chi connectivity index (χ1) is 10.8. The summed E-state index contributed by atoms with van der Waals surface area (Å²) in [6.45, 7) is 0.505. The highest BCUT2D eigenvalue weighted by atomic mass is 32.2. The maximum absolute atomic E-state index is 11.7. The molecule has 0 unspecified atom stereocenters. The van der Waals surface area contributed by atoms with E-state index in [-0.39, 0.29) is 6.03 Å². The molecule has 2 heterocycles. The third-order valence-electron chi connectivity index (χ3n) is 2.80. The molecule has 0 fully saturated rings. The van der Waals surface area contributed by atoms with E-state index in [0.29, 0.717) is 13.0 Å². The normalized spacial score (nSPS) is 10.5. The highest BCUT2D eigenvalue weighted by Crippen LogP contribution is 2.27. The van der Waals surface area contributed by atoms with E-state index < -0.39 is 0 Å². The van der Waals surface area contributed by atoms with Crippen LogP contribution in [0, 0.1) is 0 Å². The van der Waals surface area contributed by atoms with E-state index in [0.717, 1.165) is 20.3 Å². The molecule has 22 heavy (non-hydrogen) atoms. The molecule has 0 spiro atoms. The lowest BCUT2D eigenvalue weighted by molar-refractivity contribution is 0.246. The number of hydrogen-bond acceptors (Lipinski definition) is 6. The predicted molar refractivity (Wildman–Crippen MR) is 87.7 cm³/mol. The molecule has 0 bridgehead atoms. The molecule has 2 aromatic heterocycles. The zero-order valence-electron chi connectivity index (χ0n) is 11.5. The minimum absolute atomic E-state index is 0.242. The Morgan fingerprint density at radius 1 is 1.23 bits per heavy atom. The van der Waals surface area contributed by atoms with Gasteiger partial charge < -0.3 is 5.32 Å². The van der Waals surface area contributed by atoms with Gasteiger partial charge in [-0.3, -0.25) is 4.72 Å². The van der Waals surface area contributed by atoms with E-state index in [1.165, 1.54) is 11.9 Å². The van der Waals surface area contributed by atoms with Gasteiger partial charge in [0, 0.05) is 31.1 Å². The molecule has 0 saturated carbocycles. The zero-order valence-corrected chi connectivity index (χ0v) is 13.2. The van der Waals surface area contributed by atoms with Gasteiger partial charge in [0.1, 0.15) is 0 Å². The van der Waals surface area contributed by atoms with Crippen molar-refractivity contribution in [1.29, 1.82) is 0 Å². The Morgan fingerprint density at radius 2 is 2.14 bits per heavy atom. The molecule has 0 radical (unpaired) electrons. The van der Waals surface area contributed by atoms with Gasteiger partial charge in [0.25, 0.3) is 0 Å². The summed E-state index contributed by atoms with van der Waals surface area (Å²) in [6.07, 6.45) is 2.27. The number of aromatic nitrogens is 3. The fourth-order valence-electron chi connectivity index (χ4n) is 1.79. The topological polar surface area (TPSA) is 79.8 Å². The van der Waals surface area contributed by atoms with Crippen LogP contribution in [0.5, 0.6) is 0 Å². The lowest BCUT2D eigenvalue weighted by Crippen LogP contribution is -2.32. The van der Waals surface area contributed by atoms with Gasteiger partial charge >= 0.3 is 6.03 Å². The van der Waals surface area contributed by atoms with Crippen molar-refractivity contribution in [3.63, 3.8) is 0 Å². The Labute approximate surface area is 135 Å². The lowest BCUT2D eigenvalue weighted by atomic mass is 10.3. The fourth-order valence-corrected chi connectivity index (χ4v) is 3.45. The number of carbonyl (C=O) groups excluding carboxylic acids is 1. The van der Waals surface area contributed by atoms with Gasteiger partial charge in [0.2, 0.25) is 0 Å². The van der Waals surface area contributed by atoms with Crippen LogP contribution in [0.15, 0.2) is 46.9 Å². The van der Waals surface area contributed by atoms with Crippen molar-refractivity contribution in [1.82, 2.24) is 25.2 Å². The average Bonchev–Trinajstić information content (AvgIpc) is 2.97. The molecule has 0 saturated heterocycles. The van der Waals surface area contributed by atoms with Crippen LogP contribution < -0.4 is 10.0 Å². The van der Waals surface area contributed by atoms with Crippen LogP contribution in [-0.2, 0) is 6.42 Å². The summed E-state index contributed by atoms with van der Waals surface area (Å²) in [6, 6.07) is 11.3. The second-order valence-electron chi connectivity index (χ2n) is 4.37. The first-order valence-electron chi connectivity index (χ1n) is 6.64. The quantitative estimate of drug-likeness (QED) is 0.703. The lowest BCUT2D eigenvalue weighted by Gasteiger charge is -2.04. The molecule has 8 heteroatoms. The average molecular weight is 331 g/mol. The number of nitrogens with one attached hydrogen (secondary N) is 2. The van der Waals surface area contributed by atoms with Crippen molar-refractivity contribution in [3.8, 4) is 0 Å². The maximum atomic E-state index is 11.7. The Kier molecular flexibility index (Phi) is 4.81. The second kappa shape index (κ2) is 7.19. The number of nitrogens with zero attached hydrogens (tertiary/aromatic N) is 3. The van der Waals surface area contributed by atoms with Gasteiger partial charge in [-0.25, -0.2) is 9.78 Å². The van der Waals surface area contributed by atoms with Gasteiger partial charge in [-0.1, -0.05) is 12.1 Å². The van der Waals surface area contributed by atoms with Gasteiger partial charge in [-0.2, -0.15) is 10.2 Å². The van der Waals surface area contributed by atoms with Gasteiger partial charge in [0.15, 0.2) is 4.34 Å². The number of hydrogen-bond donors (Lipinski definition) is 2. The number of thiazole rings is 1. The highest BCUT2D eigenvalue weighted by Gasteiger charge is 2.06. The number of carbonyl (C=O) groups is 1. The Bertz CT molecular complexity index is 729. The summed E-state index contributed by atoms with van der Waals surface area (Å²) in [5.74, 6) is 0. The maximum Gasteiger partial charge on any atom is 0.325 e. The van der Waals surface area contributed by atoms with E-state index in [1.54, 1.807) is 17.5 Å². The predicted octanol–water partition coefficient (Wildman–Crippen LogP) is 2.64. The van der Waals surface area contributed by atoms with Crippen molar-refractivity contribution >= 4 is 39.5 Å². The SMILES string of the molecule is O=C(NCCc1cccnn1)NSc1nc2ccccc2s1. The number of amides is 2. The van der Waals surface area contributed by atoms with Crippen LogP contribution in [0.25, 0.3) is 10.2 Å². The van der Waals surface area contributed by atoms with Gasteiger partial charge in [-0.05, 0) is 24.3 Å².